The van der Waals surface area contributed by atoms with Crippen LogP contribution in [0.3, 0.4) is 0 Å². The van der Waals surface area contributed by atoms with Gasteiger partial charge in [0.05, 0.1) is 24.0 Å². The SMILES string of the molecule is C[C@@H](C(=O)NCc1nc(-c2cnccn2)n[nH]1)n1cc(Cl)cn1. The lowest BCUT2D eigenvalue weighted by molar-refractivity contribution is -0.124. The predicted octanol–water partition coefficient (Wildman–Crippen LogP) is 0.989. The predicted molar refractivity (Wildman–Crippen MR) is 81.2 cm³/mol. The number of carbonyl (C=O) groups is 1. The molecule has 3 heterocycles. The Kier molecular flexibility index (Phi) is 4.29. The van der Waals surface area contributed by atoms with Crippen molar-refractivity contribution in [3.8, 4) is 11.5 Å². The van der Waals surface area contributed by atoms with Gasteiger partial charge in [-0.15, -0.1) is 0 Å². The summed E-state index contributed by atoms with van der Waals surface area (Å²) >= 11 is 5.79. The average Bonchev–Trinajstić information content (AvgIpc) is 3.22. The molecule has 23 heavy (non-hydrogen) atoms. The number of amides is 1. The van der Waals surface area contributed by atoms with Crippen LogP contribution in [0, 0.1) is 0 Å². The molecule has 0 spiro atoms. The van der Waals surface area contributed by atoms with Crippen molar-refractivity contribution in [2.45, 2.75) is 19.5 Å². The third-order valence-corrected chi connectivity index (χ3v) is 3.30. The lowest BCUT2D eigenvalue weighted by Crippen LogP contribution is -2.31. The Bertz CT molecular complexity index is 799. The fraction of sp³-hybridized carbons (Fsp3) is 0.231. The first kappa shape index (κ1) is 15.1. The van der Waals surface area contributed by atoms with Gasteiger partial charge >= 0.3 is 0 Å². The van der Waals surface area contributed by atoms with Crippen molar-refractivity contribution in [2.75, 3.05) is 0 Å². The van der Waals surface area contributed by atoms with Gasteiger partial charge in [-0.25, -0.2) is 9.97 Å². The molecule has 3 aromatic heterocycles. The molecule has 0 radical (unpaired) electrons. The molecule has 0 aliphatic rings. The molecule has 0 fully saturated rings. The second kappa shape index (κ2) is 6.53. The second-order valence-corrected chi connectivity index (χ2v) is 5.17. The maximum absolute atomic E-state index is 12.1. The van der Waals surface area contributed by atoms with Gasteiger partial charge < -0.3 is 5.32 Å². The molecule has 0 saturated heterocycles. The van der Waals surface area contributed by atoms with E-state index in [1.54, 1.807) is 31.7 Å². The van der Waals surface area contributed by atoms with Crippen LogP contribution in [0.1, 0.15) is 18.8 Å². The van der Waals surface area contributed by atoms with Crippen molar-refractivity contribution >= 4 is 17.5 Å². The van der Waals surface area contributed by atoms with E-state index in [1.807, 2.05) is 0 Å². The van der Waals surface area contributed by atoms with Gasteiger partial charge in [-0.1, -0.05) is 11.6 Å². The third kappa shape index (κ3) is 3.51. The van der Waals surface area contributed by atoms with Crippen molar-refractivity contribution in [3.63, 3.8) is 0 Å². The minimum Gasteiger partial charge on any atom is -0.347 e. The lowest BCUT2D eigenvalue weighted by atomic mass is 10.3. The molecule has 3 rings (SSSR count). The van der Waals surface area contributed by atoms with Crippen molar-refractivity contribution in [1.82, 2.24) is 40.2 Å². The Morgan fingerprint density at radius 2 is 2.30 bits per heavy atom. The zero-order chi connectivity index (χ0) is 16.2. The van der Waals surface area contributed by atoms with Crippen LogP contribution in [0.4, 0.5) is 0 Å². The Hall–Kier alpha value is -2.81. The van der Waals surface area contributed by atoms with E-state index in [2.05, 4.69) is 35.6 Å². The summed E-state index contributed by atoms with van der Waals surface area (Å²) in [6.45, 7) is 1.94. The molecule has 3 aromatic rings. The van der Waals surface area contributed by atoms with Crippen molar-refractivity contribution in [2.24, 2.45) is 0 Å². The van der Waals surface area contributed by atoms with Crippen LogP contribution in [0.25, 0.3) is 11.5 Å². The highest BCUT2D eigenvalue weighted by molar-refractivity contribution is 6.30. The van der Waals surface area contributed by atoms with E-state index in [9.17, 15) is 4.79 Å². The van der Waals surface area contributed by atoms with E-state index >= 15 is 0 Å². The number of H-pyrrole nitrogens is 1. The van der Waals surface area contributed by atoms with Crippen LogP contribution in [0.15, 0.2) is 31.0 Å². The Morgan fingerprint density at radius 3 is 3.00 bits per heavy atom. The molecular weight excluding hydrogens is 320 g/mol. The molecular formula is C13H13ClN8O. The van der Waals surface area contributed by atoms with Gasteiger partial charge in [0.2, 0.25) is 11.7 Å². The summed E-state index contributed by atoms with van der Waals surface area (Å²) in [5, 5.41) is 14.0. The van der Waals surface area contributed by atoms with Gasteiger partial charge in [0.25, 0.3) is 0 Å². The van der Waals surface area contributed by atoms with E-state index in [-0.39, 0.29) is 12.5 Å². The highest BCUT2D eigenvalue weighted by atomic mass is 35.5. The van der Waals surface area contributed by atoms with Crippen molar-refractivity contribution in [1.29, 1.82) is 0 Å². The van der Waals surface area contributed by atoms with Gasteiger partial charge in [-0.05, 0) is 6.92 Å². The Labute approximate surface area is 136 Å². The molecule has 0 bridgehead atoms. The van der Waals surface area contributed by atoms with E-state index < -0.39 is 6.04 Å². The standard InChI is InChI=1S/C13H13ClN8O/c1-8(22-7-9(14)4-18-22)13(23)17-6-11-19-12(21-20-11)10-5-15-2-3-16-10/h2-5,7-8H,6H2,1H3,(H,17,23)(H,19,20,21)/t8-/m0/s1. The summed E-state index contributed by atoms with van der Waals surface area (Å²) in [5.41, 5.74) is 0.556. The second-order valence-electron chi connectivity index (χ2n) is 4.73. The molecule has 118 valence electrons. The van der Waals surface area contributed by atoms with E-state index in [1.165, 1.54) is 10.9 Å². The molecule has 9 nitrogen and oxygen atoms in total. The zero-order valence-corrected chi connectivity index (χ0v) is 12.9. The van der Waals surface area contributed by atoms with Crippen LogP contribution in [0.2, 0.25) is 5.02 Å². The summed E-state index contributed by atoms with van der Waals surface area (Å²) in [6, 6.07) is -0.482. The normalized spacial score (nSPS) is 12.1. The Balaban J connectivity index is 1.60. The Morgan fingerprint density at radius 1 is 1.43 bits per heavy atom. The molecule has 2 N–H and O–H groups in total. The van der Waals surface area contributed by atoms with Gasteiger partial charge in [0.15, 0.2) is 0 Å². The number of rotatable bonds is 5. The van der Waals surface area contributed by atoms with E-state index in [4.69, 9.17) is 11.6 Å². The molecule has 0 aliphatic heterocycles. The quantitative estimate of drug-likeness (QED) is 0.720. The third-order valence-electron chi connectivity index (χ3n) is 3.10. The number of nitrogens with zero attached hydrogens (tertiary/aromatic N) is 6. The van der Waals surface area contributed by atoms with E-state index in [0.717, 1.165) is 0 Å². The summed E-state index contributed by atoms with van der Waals surface area (Å²) in [6.07, 6.45) is 7.76. The fourth-order valence-electron chi connectivity index (χ4n) is 1.87. The molecule has 0 aromatic carbocycles. The summed E-state index contributed by atoms with van der Waals surface area (Å²) in [4.78, 5) is 24.4. The number of aromatic amines is 1. The van der Waals surface area contributed by atoms with Gasteiger partial charge in [-0.2, -0.15) is 10.2 Å². The van der Waals surface area contributed by atoms with Gasteiger partial charge in [0.1, 0.15) is 17.6 Å². The molecule has 1 atom stereocenters. The number of halogens is 1. The summed E-state index contributed by atoms with van der Waals surface area (Å²) < 4.78 is 1.49. The van der Waals surface area contributed by atoms with Crippen LogP contribution in [0.5, 0.6) is 0 Å². The highest BCUT2D eigenvalue weighted by Gasteiger charge is 2.16. The number of hydrogen-bond donors (Lipinski definition) is 2. The first-order valence-electron chi connectivity index (χ1n) is 6.78. The minimum atomic E-state index is -0.482. The lowest BCUT2D eigenvalue weighted by Gasteiger charge is -2.11. The minimum absolute atomic E-state index is 0.206. The number of nitrogens with one attached hydrogen (secondary N) is 2. The van der Waals surface area contributed by atoms with Gasteiger partial charge in [-0.3, -0.25) is 19.6 Å². The molecule has 0 aliphatic carbocycles. The fourth-order valence-corrected chi connectivity index (χ4v) is 2.01. The van der Waals surface area contributed by atoms with Gasteiger partial charge in [0, 0.05) is 18.6 Å². The van der Waals surface area contributed by atoms with Crippen LogP contribution in [-0.2, 0) is 11.3 Å². The number of carbonyl (C=O) groups excluding carboxylic acids is 1. The maximum Gasteiger partial charge on any atom is 0.244 e. The van der Waals surface area contributed by atoms with Crippen LogP contribution in [-0.4, -0.2) is 40.8 Å². The van der Waals surface area contributed by atoms with Crippen molar-refractivity contribution in [3.05, 3.63) is 41.8 Å². The van der Waals surface area contributed by atoms with E-state index in [0.29, 0.717) is 22.4 Å². The first-order chi connectivity index (χ1) is 11.1. The smallest absolute Gasteiger partial charge is 0.244 e. The largest absolute Gasteiger partial charge is 0.347 e. The number of hydrogen-bond acceptors (Lipinski definition) is 6. The molecule has 1 amide bonds. The van der Waals surface area contributed by atoms with Crippen molar-refractivity contribution < 1.29 is 4.79 Å². The summed E-state index contributed by atoms with van der Waals surface area (Å²) in [5.74, 6) is 0.737. The zero-order valence-electron chi connectivity index (χ0n) is 12.1. The first-order valence-corrected chi connectivity index (χ1v) is 7.16. The topological polar surface area (TPSA) is 114 Å². The van der Waals surface area contributed by atoms with Crippen LogP contribution < -0.4 is 5.32 Å². The number of aromatic nitrogens is 7. The molecule has 0 saturated carbocycles. The summed E-state index contributed by atoms with van der Waals surface area (Å²) in [7, 11) is 0. The molecule has 10 heteroatoms. The monoisotopic (exact) mass is 332 g/mol. The average molecular weight is 333 g/mol. The highest BCUT2D eigenvalue weighted by Crippen LogP contribution is 2.11. The van der Waals surface area contributed by atoms with Crippen LogP contribution >= 0.6 is 11.6 Å². The maximum atomic E-state index is 12.1. The molecule has 0 unspecified atom stereocenters.